The Morgan fingerprint density at radius 3 is 2.67 bits per heavy atom. The van der Waals surface area contributed by atoms with Crippen LogP contribution in [0, 0.1) is 6.92 Å². The third-order valence-corrected chi connectivity index (χ3v) is 5.19. The SMILES string of the molecule is CCNC(=NCCC(=O)Nc1cccc(Cl)c1C)NC(C)CCS(C)(=O)=O. The molecule has 0 fully saturated rings. The molecule has 0 heterocycles. The van der Waals surface area contributed by atoms with E-state index in [9.17, 15) is 13.2 Å². The van der Waals surface area contributed by atoms with Crippen molar-refractivity contribution in [3.8, 4) is 0 Å². The Kier molecular flexibility index (Phi) is 9.59. The summed E-state index contributed by atoms with van der Waals surface area (Å²) in [6.45, 7) is 6.65. The van der Waals surface area contributed by atoms with Crippen molar-refractivity contribution in [2.24, 2.45) is 4.99 Å². The van der Waals surface area contributed by atoms with Crippen LogP contribution in [-0.2, 0) is 14.6 Å². The number of aliphatic imine (C=N–C) groups is 1. The molecule has 0 bridgehead atoms. The predicted octanol–water partition coefficient (Wildman–Crippen LogP) is 2.36. The summed E-state index contributed by atoms with van der Waals surface area (Å²) in [5, 5.41) is 9.69. The molecule has 7 nitrogen and oxygen atoms in total. The first-order valence-electron chi connectivity index (χ1n) is 8.90. The van der Waals surface area contributed by atoms with Crippen molar-refractivity contribution >= 4 is 39.0 Å². The molecule has 0 radical (unpaired) electrons. The van der Waals surface area contributed by atoms with Crippen LogP contribution in [0.2, 0.25) is 5.02 Å². The van der Waals surface area contributed by atoms with Gasteiger partial charge in [0.15, 0.2) is 5.96 Å². The Hall–Kier alpha value is -1.80. The van der Waals surface area contributed by atoms with Gasteiger partial charge in [0.25, 0.3) is 0 Å². The molecule has 0 aliphatic heterocycles. The molecule has 0 aliphatic rings. The van der Waals surface area contributed by atoms with Crippen molar-refractivity contribution in [3.05, 3.63) is 28.8 Å². The molecule has 1 atom stereocenters. The molecule has 1 aromatic rings. The Morgan fingerprint density at radius 2 is 2.04 bits per heavy atom. The van der Waals surface area contributed by atoms with Crippen LogP contribution in [0.25, 0.3) is 0 Å². The van der Waals surface area contributed by atoms with E-state index < -0.39 is 9.84 Å². The molecule has 0 saturated heterocycles. The second-order valence-corrected chi connectivity index (χ2v) is 9.10. The van der Waals surface area contributed by atoms with Crippen molar-refractivity contribution in [2.45, 2.75) is 39.7 Å². The maximum Gasteiger partial charge on any atom is 0.226 e. The van der Waals surface area contributed by atoms with Gasteiger partial charge < -0.3 is 16.0 Å². The molecule has 1 unspecified atom stereocenters. The van der Waals surface area contributed by atoms with E-state index in [4.69, 9.17) is 11.6 Å². The Morgan fingerprint density at radius 1 is 1.33 bits per heavy atom. The number of carbonyl (C=O) groups excluding carboxylic acids is 1. The molecule has 152 valence electrons. The normalized spacial score (nSPS) is 13.1. The summed E-state index contributed by atoms with van der Waals surface area (Å²) in [6, 6.07) is 5.31. The molecule has 27 heavy (non-hydrogen) atoms. The lowest BCUT2D eigenvalue weighted by molar-refractivity contribution is -0.116. The van der Waals surface area contributed by atoms with Gasteiger partial charge in [0, 0.05) is 36.0 Å². The van der Waals surface area contributed by atoms with Gasteiger partial charge in [-0.2, -0.15) is 0 Å². The highest BCUT2D eigenvalue weighted by molar-refractivity contribution is 7.90. The fraction of sp³-hybridized carbons (Fsp3) is 0.556. The first-order valence-corrected chi connectivity index (χ1v) is 11.3. The zero-order chi connectivity index (χ0) is 20.4. The average molecular weight is 417 g/mol. The van der Waals surface area contributed by atoms with E-state index in [2.05, 4.69) is 20.9 Å². The summed E-state index contributed by atoms with van der Waals surface area (Å²) in [5.74, 6) is 0.525. The van der Waals surface area contributed by atoms with E-state index in [1.54, 1.807) is 18.2 Å². The van der Waals surface area contributed by atoms with Crippen LogP contribution in [0.1, 0.15) is 32.3 Å². The second kappa shape index (κ2) is 11.1. The molecule has 3 N–H and O–H groups in total. The highest BCUT2D eigenvalue weighted by Gasteiger charge is 2.10. The smallest absolute Gasteiger partial charge is 0.226 e. The fourth-order valence-electron chi connectivity index (χ4n) is 2.24. The van der Waals surface area contributed by atoms with Crippen LogP contribution in [0.3, 0.4) is 0 Å². The minimum absolute atomic E-state index is 0.0551. The fourth-order valence-corrected chi connectivity index (χ4v) is 3.20. The number of sulfone groups is 1. The van der Waals surface area contributed by atoms with E-state index >= 15 is 0 Å². The van der Waals surface area contributed by atoms with Crippen molar-refractivity contribution in [3.63, 3.8) is 0 Å². The topological polar surface area (TPSA) is 99.7 Å². The Labute approximate surface area is 166 Å². The Bertz CT molecular complexity index is 766. The van der Waals surface area contributed by atoms with Gasteiger partial charge in [-0.3, -0.25) is 9.79 Å². The molecule has 9 heteroatoms. The number of guanidine groups is 1. The van der Waals surface area contributed by atoms with Gasteiger partial charge in [0.1, 0.15) is 9.84 Å². The van der Waals surface area contributed by atoms with Crippen LogP contribution in [0.5, 0.6) is 0 Å². The zero-order valence-electron chi connectivity index (χ0n) is 16.3. The van der Waals surface area contributed by atoms with E-state index in [0.717, 1.165) is 5.56 Å². The van der Waals surface area contributed by atoms with Crippen LogP contribution < -0.4 is 16.0 Å². The van der Waals surface area contributed by atoms with E-state index in [0.29, 0.717) is 36.2 Å². The molecule has 0 aliphatic carbocycles. The summed E-state index contributed by atoms with van der Waals surface area (Å²) in [7, 11) is -2.99. The maximum absolute atomic E-state index is 12.1. The van der Waals surface area contributed by atoms with Crippen molar-refractivity contribution in [1.82, 2.24) is 10.6 Å². The molecule has 1 rings (SSSR count). The van der Waals surface area contributed by atoms with Gasteiger partial charge in [-0.1, -0.05) is 17.7 Å². The van der Waals surface area contributed by atoms with Gasteiger partial charge in [-0.05, 0) is 44.9 Å². The van der Waals surface area contributed by atoms with Crippen LogP contribution in [0.15, 0.2) is 23.2 Å². The number of carbonyl (C=O) groups is 1. The zero-order valence-corrected chi connectivity index (χ0v) is 17.9. The first-order chi connectivity index (χ1) is 12.6. The van der Waals surface area contributed by atoms with E-state index in [1.807, 2.05) is 20.8 Å². The average Bonchev–Trinajstić information content (AvgIpc) is 2.57. The third-order valence-electron chi connectivity index (χ3n) is 3.80. The number of benzene rings is 1. The van der Waals surface area contributed by atoms with Crippen molar-refractivity contribution in [2.75, 3.05) is 30.4 Å². The monoisotopic (exact) mass is 416 g/mol. The molecular formula is C18H29ClN4O3S. The molecular weight excluding hydrogens is 388 g/mol. The summed E-state index contributed by atoms with van der Waals surface area (Å²) >= 11 is 6.05. The number of rotatable bonds is 9. The number of anilines is 1. The lowest BCUT2D eigenvalue weighted by Crippen LogP contribution is -2.43. The number of nitrogens with one attached hydrogen (secondary N) is 3. The summed E-state index contributed by atoms with van der Waals surface area (Å²) in [6.07, 6.45) is 1.93. The molecule has 0 aromatic heterocycles. The lowest BCUT2D eigenvalue weighted by Gasteiger charge is -2.17. The summed E-state index contributed by atoms with van der Waals surface area (Å²) in [4.78, 5) is 16.5. The van der Waals surface area contributed by atoms with Crippen LogP contribution >= 0.6 is 11.6 Å². The lowest BCUT2D eigenvalue weighted by atomic mass is 10.2. The maximum atomic E-state index is 12.1. The van der Waals surface area contributed by atoms with E-state index in [-0.39, 0.29) is 24.1 Å². The molecule has 1 aromatic carbocycles. The quantitative estimate of drug-likeness (QED) is 0.424. The minimum Gasteiger partial charge on any atom is -0.357 e. The van der Waals surface area contributed by atoms with Gasteiger partial charge in [0.2, 0.25) is 5.91 Å². The van der Waals surface area contributed by atoms with Gasteiger partial charge in [-0.15, -0.1) is 0 Å². The molecule has 0 saturated carbocycles. The highest BCUT2D eigenvalue weighted by atomic mass is 35.5. The van der Waals surface area contributed by atoms with Gasteiger partial charge in [-0.25, -0.2) is 8.42 Å². The Balaban J connectivity index is 2.54. The largest absolute Gasteiger partial charge is 0.357 e. The number of amides is 1. The summed E-state index contributed by atoms with van der Waals surface area (Å²) < 4.78 is 22.5. The number of nitrogens with zero attached hydrogens (tertiary/aromatic N) is 1. The van der Waals surface area contributed by atoms with Crippen molar-refractivity contribution in [1.29, 1.82) is 0 Å². The molecule has 0 spiro atoms. The van der Waals surface area contributed by atoms with E-state index in [1.165, 1.54) is 6.26 Å². The number of halogens is 1. The number of hydrogen-bond donors (Lipinski definition) is 3. The predicted molar refractivity (Wildman–Crippen MR) is 112 cm³/mol. The minimum atomic E-state index is -2.99. The van der Waals surface area contributed by atoms with Gasteiger partial charge in [0.05, 0.1) is 12.3 Å². The first kappa shape index (κ1) is 23.2. The standard InChI is InChI=1S/C18H29ClN4O3S/c1-5-20-18(22-13(2)10-12-27(4,25)26)21-11-9-17(24)23-16-8-6-7-15(19)14(16)3/h6-8,13H,5,9-12H2,1-4H3,(H,23,24)(H2,20,21,22). The number of hydrogen-bond acceptors (Lipinski definition) is 4. The van der Waals surface area contributed by atoms with Crippen molar-refractivity contribution < 1.29 is 13.2 Å². The van der Waals surface area contributed by atoms with Gasteiger partial charge >= 0.3 is 0 Å². The third kappa shape index (κ3) is 9.63. The summed E-state index contributed by atoms with van der Waals surface area (Å²) in [5.41, 5.74) is 1.52. The van der Waals surface area contributed by atoms with Crippen LogP contribution in [0.4, 0.5) is 5.69 Å². The second-order valence-electron chi connectivity index (χ2n) is 6.44. The van der Waals surface area contributed by atoms with Crippen LogP contribution in [-0.4, -0.2) is 51.4 Å². The highest BCUT2D eigenvalue weighted by Crippen LogP contribution is 2.22. The molecule has 1 amide bonds.